The summed E-state index contributed by atoms with van der Waals surface area (Å²) in [5, 5.41) is 1.05. The van der Waals surface area contributed by atoms with Gasteiger partial charge in [0.25, 0.3) is 0 Å². The van der Waals surface area contributed by atoms with E-state index in [9.17, 15) is 4.79 Å². The maximum Gasteiger partial charge on any atom is 0.187 e. The van der Waals surface area contributed by atoms with Gasteiger partial charge in [-0.25, -0.2) is 9.98 Å². The lowest BCUT2D eigenvalue weighted by molar-refractivity contribution is -0.112. The summed E-state index contributed by atoms with van der Waals surface area (Å²) in [7, 11) is 0. The molecule has 5 aromatic rings. The van der Waals surface area contributed by atoms with E-state index in [1.807, 2.05) is 78.9 Å². The quantitative estimate of drug-likeness (QED) is 0.319. The van der Waals surface area contributed by atoms with Gasteiger partial charge in [0, 0.05) is 22.9 Å². The van der Waals surface area contributed by atoms with Crippen molar-refractivity contribution in [3.8, 4) is 22.3 Å². The number of benzene rings is 4. The van der Waals surface area contributed by atoms with Crippen LogP contribution in [0.5, 0.6) is 0 Å². The number of Topliss-reactive ketones (excluding diaryl/α,β-unsaturated/α-hetero) is 1. The van der Waals surface area contributed by atoms with Gasteiger partial charge in [0.2, 0.25) is 0 Å². The monoisotopic (exact) mass is 424 g/mol. The second kappa shape index (κ2) is 7.95. The summed E-state index contributed by atoms with van der Waals surface area (Å²) in [4.78, 5) is 23.2. The highest BCUT2D eigenvalue weighted by molar-refractivity contribution is 6.48. The first-order valence-corrected chi connectivity index (χ1v) is 11.0. The zero-order valence-electron chi connectivity index (χ0n) is 17.9. The van der Waals surface area contributed by atoms with Gasteiger partial charge in [-0.15, -0.1) is 0 Å². The zero-order chi connectivity index (χ0) is 22.2. The van der Waals surface area contributed by atoms with E-state index in [0.717, 1.165) is 44.4 Å². The summed E-state index contributed by atoms with van der Waals surface area (Å²) in [6.07, 6.45) is 0.332. The molecule has 0 saturated carbocycles. The Labute approximate surface area is 192 Å². The molecule has 1 aliphatic rings. The second-order valence-electron chi connectivity index (χ2n) is 8.15. The van der Waals surface area contributed by atoms with E-state index in [0.29, 0.717) is 17.8 Å². The Balaban J connectivity index is 1.75. The minimum Gasteiger partial charge on any atom is -0.292 e. The molecule has 3 heteroatoms. The molecule has 0 radical (unpaired) electrons. The third kappa shape index (κ3) is 3.35. The molecular weight excluding hydrogens is 404 g/mol. The van der Waals surface area contributed by atoms with Crippen molar-refractivity contribution in [1.82, 2.24) is 4.98 Å². The van der Waals surface area contributed by atoms with Gasteiger partial charge in [0.05, 0.1) is 11.2 Å². The highest BCUT2D eigenvalue weighted by atomic mass is 16.1. The maximum atomic E-state index is 13.4. The van der Waals surface area contributed by atoms with Crippen LogP contribution in [0.15, 0.2) is 114 Å². The minimum absolute atomic E-state index is 0.00678. The van der Waals surface area contributed by atoms with Gasteiger partial charge in [-0.2, -0.15) is 0 Å². The molecule has 0 spiro atoms. The lowest BCUT2D eigenvalue weighted by atomic mass is 9.87. The smallest absolute Gasteiger partial charge is 0.187 e. The van der Waals surface area contributed by atoms with E-state index < -0.39 is 0 Å². The average molecular weight is 425 g/mol. The summed E-state index contributed by atoms with van der Waals surface area (Å²) >= 11 is 0. The van der Waals surface area contributed by atoms with Crippen LogP contribution in [0.1, 0.15) is 11.3 Å². The Kier molecular flexibility index (Phi) is 4.66. The number of ketones is 1. The molecule has 0 atom stereocenters. The Morgan fingerprint density at radius 3 is 1.97 bits per heavy atom. The first-order chi connectivity index (χ1) is 16.3. The number of hydrogen-bond acceptors (Lipinski definition) is 3. The fourth-order valence-electron chi connectivity index (χ4n) is 4.57. The van der Waals surface area contributed by atoms with Gasteiger partial charge in [-0.1, -0.05) is 97.1 Å². The molecule has 0 amide bonds. The molecule has 4 aromatic carbocycles. The molecule has 33 heavy (non-hydrogen) atoms. The molecule has 1 aliphatic heterocycles. The van der Waals surface area contributed by atoms with Gasteiger partial charge < -0.3 is 0 Å². The molecule has 0 aliphatic carbocycles. The SMILES string of the molecule is O=C1Cc2ccccc2N=C1c1nc2ccccc2c(-c2ccccc2)c1-c1ccccc1. The van der Waals surface area contributed by atoms with Crippen molar-refractivity contribution < 1.29 is 4.79 Å². The summed E-state index contributed by atoms with van der Waals surface area (Å²) < 4.78 is 0. The highest BCUT2D eigenvalue weighted by Gasteiger charge is 2.28. The number of fused-ring (bicyclic) bond motifs is 2. The van der Waals surface area contributed by atoms with Gasteiger partial charge >= 0.3 is 0 Å². The van der Waals surface area contributed by atoms with Gasteiger partial charge in [0.1, 0.15) is 11.4 Å². The van der Waals surface area contributed by atoms with Crippen molar-refractivity contribution in [2.24, 2.45) is 4.99 Å². The molecule has 0 unspecified atom stereocenters. The highest BCUT2D eigenvalue weighted by Crippen LogP contribution is 2.40. The van der Waals surface area contributed by atoms with Crippen LogP contribution < -0.4 is 0 Å². The first kappa shape index (κ1) is 19.3. The number of nitrogens with zero attached hydrogens (tertiary/aromatic N) is 2. The van der Waals surface area contributed by atoms with E-state index in [2.05, 4.69) is 30.3 Å². The number of rotatable bonds is 3. The van der Waals surface area contributed by atoms with E-state index in [4.69, 9.17) is 9.98 Å². The standard InChI is InChI=1S/C30H20N2O/c33-26-19-22-15-7-9-17-24(22)31-29(26)30-28(21-13-5-2-6-14-21)27(20-11-3-1-4-12-20)23-16-8-10-18-25(23)32-30/h1-18H,19H2. The van der Waals surface area contributed by atoms with E-state index in [1.165, 1.54) is 0 Å². The molecule has 156 valence electrons. The molecule has 1 aromatic heterocycles. The van der Waals surface area contributed by atoms with Gasteiger partial charge in [0.15, 0.2) is 5.78 Å². The fraction of sp³-hybridized carbons (Fsp3) is 0.0333. The van der Waals surface area contributed by atoms with Crippen molar-refractivity contribution in [2.75, 3.05) is 0 Å². The molecule has 6 rings (SSSR count). The predicted molar refractivity (Wildman–Crippen MR) is 134 cm³/mol. The second-order valence-corrected chi connectivity index (χ2v) is 8.15. The van der Waals surface area contributed by atoms with Crippen molar-refractivity contribution in [2.45, 2.75) is 6.42 Å². The van der Waals surface area contributed by atoms with E-state index >= 15 is 0 Å². The molecule has 0 saturated heterocycles. The summed E-state index contributed by atoms with van der Waals surface area (Å²) in [6, 6.07) is 36.4. The average Bonchev–Trinajstić information content (AvgIpc) is 2.88. The normalized spacial score (nSPS) is 13.0. The third-order valence-electron chi connectivity index (χ3n) is 6.08. The largest absolute Gasteiger partial charge is 0.292 e. The van der Waals surface area contributed by atoms with Crippen molar-refractivity contribution in [1.29, 1.82) is 0 Å². The van der Waals surface area contributed by atoms with Crippen LogP contribution in [0.3, 0.4) is 0 Å². The number of hydrogen-bond donors (Lipinski definition) is 0. The number of carbonyl (C=O) groups excluding carboxylic acids is 1. The Hall–Kier alpha value is -4.37. The predicted octanol–water partition coefficient (Wildman–Crippen LogP) is 6.81. The molecule has 3 nitrogen and oxygen atoms in total. The summed E-state index contributed by atoms with van der Waals surface area (Å²) in [5.74, 6) is -0.00678. The Morgan fingerprint density at radius 2 is 1.21 bits per heavy atom. The van der Waals surface area contributed by atoms with Crippen molar-refractivity contribution in [3.63, 3.8) is 0 Å². The van der Waals surface area contributed by atoms with Crippen LogP contribution in [0.4, 0.5) is 5.69 Å². The Morgan fingerprint density at radius 1 is 0.606 bits per heavy atom. The molecule has 0 fully saturated rings. The lowest BCUT2D eigenvalue weighted by Gasteiger charge is -2.21. The first-order valence-electron chi connectivity index (χ1n) is 11.0. The number of carbonyl (C=O) groups is 1. The van der Waals surface area contributed by atoms with Crippen LogP contribution in [-0.4, -0.2) is 16.5 Å². The number of aromatic nitrogens is 1. The van der Waals surface area contributed by atoms with E-state index in [1.54, 1.807) is 0 Å². The third-order valence-corrected chi connectivity index (χ3v) is 6.08. The maximum absolute atomic E-state index is 13.4. The molecular formula is C30H20N2O. The Bertz CT molecular complexity index is 1540. The van der Waals surface area contributed by atoms with Crippen molar-refractivity contribution in [3.05, 3.63) is 120 Å². The lowest BCUT2D eigenvalue weighted by Crippen LogP contribution is -2.23. The minimum atomic E-state index is -0.00678. The van der Waals surface area contributed by atoms with Crippen LogP contribution >= 0.6 is 0 Å². The molecule has 0 bridgehead atoms. The van der Waals surface area contributed by atoms with E-state index in [-0.39, 0.29) is 5.78 Å². The number of pyridine rings is 1. The summed E-state index contributed by atoms with van der Waals surface area (Å²) in [6.45, 7) is 0. The van der Waals surface area contributed by atoms with Crippen molar-refractivity contribution >= 4 is 28.1 Å². The molecule has 0 N–H and O–H groups in total. The summed E-state index contributed by atoms with van der Waals surface area (Å²) in [5.41, 5.74) is 7.80. The van der Waals surface area contributed by atoms with Crippen LogP contribution in [-0.2, 0) is 11.2 Å². The molecule has 2 heterocycles. The van der Waals surface area contributed by atoms with Crippen LogP contribution in [0.25, 0.3) is 33.2 Å². The number of para-hydroxylation sites is 2. The number of aliphatic imine (C=N–C) groups is 1. The van der Waals surface area contributed by atoms with Gasteiger partial charge in [-0.3, -0.25) is 4.79 Å². The fourth-order valence-corrected chi connectivity index (χ4v) is 4.57. The zero-order valence-corrected chi connectivity index (χ0v) is 17.9. The van der Waals surface area contributed by atoms with Gasteiger partial charge in [-0.05, 0) is 28.8 Å². The van der Waals surface area contributed by atoms with Crippen LogP contribution in [0, 0.1) is 0 Å². The topological polar surface area (TPSA) is 42.3 Å². The van der Waals surface area contributed by atoms with Crippen LogP contribution in [0.2, 0.25) is 0 Å².